The highest BCUT2D eigenvalue weighted by Gasteiger charge is 2.20. The predicted molar refractivity (Wildman–Crippen MR) is 86.3 cm³/mol. The lowest BCUT2D eigenvalue weighted by molar-refractivity contribution is 0.0916. The zero-order valence-corrected chi connectivity index (χ0v) is 13.8. The van der Waals surface area contributed by atoms with Crippen molar-refractivity contribution < 1.29 is 14.3 Å². The minimum Gasteiger partial charge on any atom is -0.484 e. The Morgan fingerprint density at radius 3 is 2.50 bits per heavy atom. The number of benzene rings is 1. The lowest BCUT2D eigenvalue weighted by Crippen LogP contribution is -2.13. The number of ether oxygens (including phenoxy) is 1. The van der Waals surface area contributed by atoms with Gasteiger partial charge >= 0.3 is 0 Å². The average Bonchev–Trinajstić information content (AvgIpc) is 2.74. The van der Waals surface area contributed by atoms with Crippen molar-refractivity contribution in [3.05, 3.63) is 51.3 Å². The summed E-state index contributed by atoms with van der Waals surface area (Å²) in [4.78, 5) is 26.9. The van der Waals surface area contributed by atoms with Crippen LogP contribution in [0.4, 0.5) is 0 Å². The van der Waals surface area contributed by atoms with Gasteiger partial charge in [-0.3, -0.25) is 9.59 Å². The van der Waals surface area contributed by atoms with Gasteiger partial charge in [-0.2, -0.15) is 0 Å². The van der Waals surface area contributed by atoms with Crippen LogP contribution in [-0.4, -0.2) is 23.2 Å². The Kier molecular flexibility index (Phi) is 4.71. The minimum absolute atomic E-state index is 0.0621. The molecular formula is C17H18ClNO3. The quantitative estimate of drug-likeness (QED) is 0.845. The van der Waals surface area contributed by atoms with E-state index in [1.54, 1.807) is 26.0 Å². The topological polar surface area (TPSA) is 59.2 Å². The van der Waals surface area contributed by atoms with Crippen molar-refractivity contribution in [3.8, 4) is 5.75 Å². The molecule has 0 aliphatic carbocycles. The number of carbonyl (C=O) groups excluding carboxylic acids is 2. The molecule has 1 aromatic heterocycles. The molecular weight excluding hydrogens is 302 g/mol. The normalized spacial score (nSPS) is 10.6. The van der Waals surface area contributed by atoms with Gasteiger partial charge in [0.25, 0.3) is 0 Å². The van der Waals surface area contributed by atoms with Crippen LogP contribution in [0.25, 0.3) is 0 Å². The van der Waals surface area contributed by atoms with Gasteiger partial charge in [0.1, 0.15) is 5.75 Å². The Morgan fingerprint density at radius 1 is 1.23 bits per heavy atom. The van der Waals surface area contributed by atoms with Crippen molar-refractivity contribution in [2.45, 2.75) is 27.7 Å². The molecule has 0 radical (unpaired) electrons. The number of aromatic nitrogens is 1. The van der Waals surface area contributed by atoms with Crippen molar-refractivity contribution in [2.24, 2.45) is 0 Å². The van der Waals surface area contributed by atoms with Crippen LogP contribution >= 0.6 is 11.6 Å². The van der Waals surface area contributed by atoms with Gasteiger partial charge in [-0.25, -0.2) is 0 Å². The number of ketones is 2. The summed E-state index contributed by atoms with van der Waals surface area (Å²) < 4.78 is 5.51. The predicted octanol–water partition coefficient (Wildman–Crippen LogP) is 4.06. The van der Waals surface area contributed by atoms with Crippen molar-refractivity contribution in [2.75, 3.05) is 6.61 Å². The molecule has 0 unspecified atom stereocenters. The molecule has 2 aromatic rings. The Bertz CT molecular complexity index is 747. The van der Waals surface area contributed by atoms with Crippen LogP contribution in [0.3, 0.4) is 0 Å². The third-order valence-corrected chi connectivity index (χ3v) is 3.83. The van der Waals surface area contributed by atoms with Gasteiger partial charge in [0.05, 0.1) is 10.7 Å². The van der Waals surface area contributed by atoms with E-state index in [9.17, 15) is 9.59 Å². The zero-order chi connectivity index (χ0) is 16.4. The number of hydrogen-bond donors (Lipinski definition) is 1. The van der Waals surface area contributed by atoms with Crippen molar-refractivity contribution in [3.63, 3.8) is 0 Å². The van der Waals surface area contributed by atoms with Crippen LogP contribution < -0.4 is 4.74 Å². The number of hydrogen-bond acceptors (Lipinski definition) is 3. The van der Waals surface area contributed by atoms with Gasteiger partial charge < -0.3 is 9.72 Å². The molecule has 0 aliphatic rings. The van der Waals surface area contributed by atoms with Crippen LogP contribution in [0.15, 0.2) is 18.2 Å². The number of carbonyl (C=O) groups is 2. The molecule has 22 heavy (non-hydrogen) atoms. The summed E-state index contributed by atoms with van der Waals surface area (Å²) in [6, 6.07) is 5.38. The van der Waals surface area contributed by atoms with E-state index in [1.165, 1.54) is 6.92 Å². The molecule has 0 aliphatic heterocycles. The second kappa shape index (κ2) is 6.36. The average molecular weight is 320 g/mol. The zero-order valence-electron chi connectivity index (χ0n) is 13.0. The molecule has 0 amide bonds. The second-order valence-electron chi connectivity index (χ2n) is 5.33. The second-order valence-corrected chi connectivity index (χ2v) is 5.73. The van der Waals surface area contributed by atoms with Gasteiger partial charge in [0.15, 0.2) is 12.4 Å². The molecule has 0 saturated carbocycles. The van der Waals surface area contributed by atoms with E-state index in [2.05, 4.69) is 4.98 Å². The Balaban J connectivity index is 2.18. The van der Waals surface area contributed by atoms with E-state index >= 15 is 0 Å². The summed E-state index contributed by atoms with van der Waals surface area (Å²) in [5.74, 6) is 0.196. The van der Waals surface area contributed by atoms with Crippen LogP contribution in [0, 0.1) is 20.8 Å². The monoisotopic (exact) mass is 319 g/mol. The van der Waals surface area contributed by atoms with Crippen molar-refractivity contribution in [1.82, 2.24) is 4.98 Å². The molecule has 1 aromatic carbocycles. The molecule has 0 atom stereocenters. The first-order valence-corrected chi connectivity index (χ1v) is 7.31. The Hall–Kier alpha value is -2.07. The number of aromatic amines is 1. The van der Waals surface area contributed by atoms with E-state index in [1.807, 2.05) is 13.0 Å². The fourth-order valence-electron chi connectivity index (χ4n) is 2.49. The third-order valence-electron chi connectivity index (χ3n) is 3.51. The summed E-state index contributed by atoms with van der Waals surface area (Å²) in [7, 11) is 0. The molecule has 0 spiro atoms. The number of halogens is 1. The maximum atomic E-state index is 12.3. The molecule has 1 heterocycles. The van der Waals surface area contributed by atoms with Crippen LogP contribution in [0.5, 0.6) is 5.75 Å². The molecule has 116 valence electrons. The summed E-state index contributed by atoms with van der Waals surface area (Å²) in [6.45, 7) is 6.80. The number of Topliss-reactive ketones (excluding diaryl/α,β-unsaturated/α-hetero) is 2. The van der Waals surface area contributed by atoms with E-state index in [0.29, 0.717) is 33.3 Å². The molecule has 0 saturated heterocycles. The first kappa shape index (κ1) is 16.3. The van der Waals surface area contributed by atoms with Gasteiger partial charge in [-0.15, -0.1) is 0 Å². The molecule has 0 bridgehead atoms. The standard InChI is InChI=1S/C17H18ClNO3/c1-9-5-6-13(18)15(7-9)22-8-14(21)17-10(2)16(12(4)20)11(3)19-17/h5-7,19H,8H2,1-4H3. The maximum Gasteiger partial charge on any atom is 0.216 e. The SMILES string of the molecule is CC(=O)c1c(C)[nH]c(C(=O)COc2cc(C)ccc2Cl)c1C. The molecule has 2 rings (SSSR count). The summed E-state index contributed by atoms with van der Waals surface area (Å²) >= 11 is 6.04. The first-order chi connectivity index (χ1) is 10.3. The van der Waals surface area contributed by atoms with E-state index in [0.717, 1.165) is 5.56 Å². The van der Waals surface area contributed by atoms with Gasteiger partial charge in [-0.05, 0) is 51.0 Å². The van der Waals surface area contributed by atoms with Crippen LogP contribution in [-0.2, 0) is 0 Å². The van der Waals surface area contributed by atoms with Crippen molar-refractivity contribution >= 4 is 23.2 Å². The summed E-state index contributed by atoms with van der Waals surface area (Å²) in [5.41, 5.74) is 3.33. The smallest absolute Gasteiger partial charge is 0.216 e. The highest BCUT2D eigenvalue weighted by molar-refractivity contribution is 6.32. The van der Waals surface area contributed by atoms with Gasteiger partial charge in [0.2, 0.25) is 5.78 Å². The summed E-state index contributed by atoms with van der Waals surface area (Å²) in [5, 5.41) is 0.460. The fraction of sp³-hybridized carbons (Fsp3) is 0.294. The maximum absolute atomic E-state index is 12.3. The van der Waals surface area contributed by atoms with Gasteiger partial charge in [-0.1, -0.05) is 17.7 Å². The highest BCUT2D eigenvalue weighted by Crippen LogP contribution is 2.26. The number of H-pyrrole nitrogens is 1. The number of rotatable bonds is 5. The fourth-order valence-corrected chi connectivity index (χ4v) is 2.67. The third kappa shape index (κ3) is 3.22. The Labute approximate surface area is 134 Å². The van der Waals surface area contributed by atoms with Gasteiger partial charge in [0, 0.05) is 11.3 Å². The highest BCUT2D eigenvalue weighted by atomic mass is 35.5. The lowest BCUT2D eigenvalue weighted by Gasteiger charge is -2.08. The molecule has 1 N–H and O–H groups in total. The van der Waals surface area contributed by atoms with Crippen molar-refractivity contribution in [1.29, 1.82) is 0 Å². The number of aryl methyl sites for hydroxylation is 2. The Morgan fingerprint density at radius 2 is 1.91 bits per heavy atom. The minimum atomic E-state index is -0.217. The van der Waals surface area contributed by atoms with E-state index < -0.39 is 0 Å². The molecule has 5 heteroatoms. The van der Waals surface area contributed by atoms with Crippen LogP contribution in [0.1, 0.15) is 44.6 Å². The van der Waals surface area contributed by atoms with Crippen LogP contribution in [0.2, 0.25) is 5.02 Å². The van der Waals surface area contributed by atoms with E-state index in [4.69, 9.17) is 16.3 Å². The molecule has 0 fully saturated rings. The molecule has 4 nitrogen and oxygen atoms in total. The first-order valence-electron chi connectivity index (χ1n) is 6.93. The lowest BCUT2D eigenvalue weighted by atomic mass is 10.1. The number of nitrogens with one attached hydrogen (secondary N) is 1. The summed E-state index contributed by atoms with van der Waals surface area (Å²) in [6.07, 6.45) is 0. The largest absolute Gasteiger partial charge is 0.484 e. The van der Waals surface area contributed by atoms with E-state index in [-0.39, 0.29) is 18.2 Å².